The van der Waals surface area contributed by atoms with Gasteiger partial charge in [0.05, 0.1) is 25.5 Å². The Balaban J connectivity index is 1.99. The van der Waals surface area contributed by atoms with Crippen LogP contribution in [0.15, 0.2) is 36.4 Å². The summed E-state index contributed by atoms with van der Waals surface area (Å²) >= 11 is 12.5. The Morgan fingerprint density at radius 2 is 1.68 bits per heavy atom. The van der Waals surface area contributed by atoms with Crippen molar-refractivity contribution in [2.45, 2.75) is 19.3 Å². The third kappa shape index (κ3) is 3.40. The smallest absolute Gasteiger partial charge is 0.133 e. The minimum atomic E-state index is 0.566. The number of hydrogen-bond acceptors (Lipinski definition) is 4. The minimum absolute atomic E-state index is 0.566. The van der Waals surface area contributed by atoms with Crippen molar-refractivity contribution in [1.29, 1.82) is 0 Å². The Morgan fingerprint density at radius 3 is 2.32 bits per heavy atom. The van der Waals surface area contributed by atoms with Crippen LogP contribution in [0, 0.1) is 0 Å². The van der Waals surface area contributed by atoms with E-state index in [9.17, 15) is 0 Å². The Labute approximate surface area is 174 Å². The van der Waals surface area contributed by atoms with Gasteiger partial charge in [0.25, 0.3) is 0 Å². The van der Waals surface area contributed by atoms with Gasteiger partial charge < -0.3 is 14.8 Å². The number of anilines is 1. The van der Waals surface area contributed by atoms with Crippen LogP contribution in [-0.2, 0) is 6.42 Å². The zero-order valence-electron chi connectivity index (χ0n) is 15.8. The van der Waals surface area contributed by atoms with E-state index in [1.165, 1.54) is 0 Å². The zero-order chi connectivity index (χ0) is 19.7. The molecule has 0 spiro atoms. The Kier molecular flexibility index (Phi) is 5.38. The van der Waals surface area contributed by atoms with Crippen LogP contribution in [0.3, 0.4) is 0 Å². The standard InChI is InChI=1S/C21H21Cl2N3O2/c1-27-17-7-5-8-18(28-2)19(17)20-16-6-3-4-9-24-21(16)26(25-20)15-11-13(22)10-14(23)12-15/h5,7-8,10-12,24H,3-4,6,9H2,1-2H3. The average molecular weight is 418 g/mol. The highest BCUT2D eigenvalue weighted by Gasteiger charge is 2.26. The largest absolute Gasteiger partial charge is 0.496 e. The van der Waals surface area contributed by atoms with Gasteiger partial charge in [0.1, 0.15) is 23.0 Å². The number of nitrogens with one attached hydrogen (secondary N) is 1. The molecule has 1 N–H and O–H groups in total. The number of halogens is 2. The van der Waals surface area contributed by atoms with Crippen molar-refractivity contribution in [1.82, 2.24) is 9.78 Å². The number of methoxy groups -OCH3 is 2. The van der Waals surface area contributed by atoms with Gasteiger partial charge in [0.2, 0.25) is 0 Å². The highest BCUT2D eigenvalue weighted by atomic mass is 35.5. The van der Waals surface area contributed by atoms with E-state index in [2.05, 4.69) is 5.32 Å². The fourth-order valence-electron chi connectivity index (χ4n) is 3.64. The second-order valence-electron chi connectivity index (χ2n) is 6.64. The summed E-state index contributed by atoms with van der Waals surface area (Å²) in [5.41, 5.74) is 3.63. The van der Waals surface area contributed by atoms with Crippen LogP contribution in [0.5, 0.6) is 11.5 Å². The molecule has 28 heavy (non-hydrogen) atoms. The molecule has 0 bridgehead atoms. The summed E-state index contributed by atoms with van der Waals surface area (Å²) in [4.78, 5) is 0. The molecule has 2 heterocycles. The zero-order valence-corrected chi connectivity index (χ0v) is 17.3. The fourth-order valence-corrected chi connectivity index (χ4v) is 4.15. The summed E-state index contributed by atoms with van der Waals surface area (Å²) in [5.74, 6) is 2.40. The molecule has 1 aliphatic heterocycles. The monoisotopic (exact) mass is 417 g/mol. The molecule has 2 aromatic carbocycles. The number of fused-ring (bicyclic) bond motifs is 1. The lowest BCUT2D eigenvalue weighted by molar-refractivity contribution is 0.397. The number of benzene rings is 2. The molecule has 0 radical (unpaired) electrons. The second-order valence-corrected chi connectivity index (χ2v) is 7.51. The van der Waals surface area contributed by atoms with Crippen molar-refractivity contribution >= 4 is 29.0 Å². The minimum Gasteiger partial charge on any atom is -0.496 e. The van der Waals surface area contributed by atoms with E-state index < -0.39 is 0 Å². The van der Waals surface area contributed by atoms with E-state index >= 15 is 0 Å². The van der Waals surface area contributed by atoms with E-state index in [1.54, 1.807) is 20.3 Å². The van der Waals surface area contributed by atoms with Gasteiger partial charge in [-0.15, -0.1) is 0 Å². The fraction of sp³-hybridized carbons (Fsp3) is 0.286. The molecule has 0 saturated heterocycles. The predicted octanol–water partition coefficient (Wildman–Crippen LogP) is 5.61. The molecule has 146 valence electrons. The van der Waals surface area contributed by atoms with E-state index in [4.69, 9.17) is 37.8 Å². The van der Waals surface area contributed by atoms with Crippen molar-refractivity contribution in [2.75, 3.05) is 26.1 Å². The molecule has 0 atom stereocenters. The molecule has 3 aromatic rings. The molecule has 0 amide bonds. The molecule has 0 aliphatic carbocycles. The SMILES string of the molecule is COc1cccc(OC)c1-c1nn(-c2cc(Cl)cc(Cl)c2)c2c1CCCCN2. The maximum absolute atomic E-state index is 6.25. The molecule has 4 rings (SSSR count). The maximum atomic E-state index is 6.25. The van der Waals surface area contributed by atoms with Crippen LogP contribution in [0.25, 0.3) is 16.9 Å². The molecule has 7 heteroatoms. The lowest BCUT2D eigenvalue weighted by atomic mass is 10.0. The van der Waals surface area contributed by atoms with Crippen LogP contribution in [0.1, 0.15) is 18.4 Å². The number of hydrogen-bond donors (Lipinski definition) is 1. The topological polar surface area (TPSA) is 48.3 Å². The van der Waals surface area contributed by atoms with Gasteiger partial charge in [-0.25, -0.2) is 4.68 Å². The van der Waals surface area contributed by atoms with Gasteiger partial charge in [-0.1, -0.05) is 29.3 Å². The van der Waals surface area contributed by atoms with Gasteiger partial charge in [-0.3, -0.25) is 0 Å². The van der Waals surface area contributed by atoms with E-state index in [0.29, 0.717) is 10.0 Å². The first-order valence-electron chi connectivity index (χ1n) is 9.16. The number of rotatable bonds is 4. The average Bonchev–Trinajstić information content (AvgIpc) is 2.87. The molecule has 1 aliphatic rings. The van der Waals surface area contributed by atoms with Gasteiger partial charge in [-0.2, -0.15) is 5.10 Å². The van der Waals surface area contributed by atoms with Gasteiger partial charge in [-0.05, 0) is 49.6 Å². The van der Waals surface area contributed by atoms with Crippen molar-refractivity contribution in [3.63, 3.8) is 0 Å². The molecule has 0 fully saturated rings. The summed E-state index contributed by atoms with van der Waals surface area (Å²) in [6.45, 7) is 0.884. The summed E-state index contributed by atoms with van der Waals surface area (Å²) in [6, 6.07) is 11.2. The molecule has 5 nitrogen and oxygen atoms in total. The van der Waals surface area contributed by atoms with Crippen molar-refractivity contribution < 1.29 is 9.47 Å². The van der Waals surface area contributed by atoms with Crippen molar-refractivity contribution in [3.05, 3.63) is 52.0 Å². The van der Waals surface area contributed by atoms with Crippen LogP contribution < -0.4 is 14.8 Å². The summed E-state index contributed by atoms with van der Waals surface area (Å²) < 4.78 is 13.1. The summed E-state index contributed by atoms with van der Waals surface area (Å²) in [5, 5.41) is 9.61. The first-order chi connectivity index (χ1) is 13.6. The van der Waals surface area contributed by atoms with Gasteiger partial charge in [0.15, 0.2) is 0 Å². The Bertz CT molecular complexity index is 975. The molecular formula is C21H21Cl2N3O2. The lowest BCUT2D eigenvalue weighted by Crippen LogP contribution is -2.07. The van der Waals surface area contributed by atoms with Crippen molar-refractivity contribution in [3.8, 4) is 28.4 Å². The molecular weight excluding hydrogens is 397 g/mol. The Morgan fingerprint density at radius 1 is 1.00 bits per heavy atom. The Hall–Kier alpha value is -2.37. The quantitative estimate of drug-likeness (QED) is 0.598. The third-order valence-electron chi connectivity index (χ3n) is 4.89. The molecule has 0 saturated carbocycles. The van der Waals surface area contributed by atoms with Crippen molar-refractivity contribution in [2.24, 2.45) is 0 Å². The maximum Gasteiger partial charge on any atom is 0.133 e. The van der Waals surface area contributed by atoms with E-state index in [0.717, 1.165) is 65.6 Å². The highest BCUT2D eigenvalue weighted by Crippen LogP contribution is 2.43. The predicted molar refractivity (Wildman–Crippen MR) is 114 cm³/mol. The molecule has 0 unspecified atom stereocenters. The summed E-state index contributed by atoms with van der Waals surface area (Å²) in [7, 11) is 3.31. The normalized spacial score (nSPS) is 13.4. The van der Waals surface area contributed by atoms with E-state index in [-0.39, 0.29) is 0 Å². The van der Waals surface area contributed by atoms with Crippen LogP contribution in [0.4, 0.5) is 5.82 Å². The number of ether oxygens (including phenoxy) is 2. The molecule has 1 aromatic heterocycles. The van der Waals surface area contributed by atoms with Crippen LogP contribution in [-0.4, -0.2) is 30.5 Å². The van der Waals surface area contributed by atoms with E-state index in [1.807, 2.05) is 35.0 Å². The lowest BCUT2D eigenvalue weighted by Gasteiger charge is -2.12. The first-order valence-corrected chi connectivity index (χ1v) is 9.91. The summed E-state index contributed by atoms with van der Waals surface area (Å²) in [6.07, 6.45) is 3.08. The second kappa shape index (κ2) is 7.94. The van der Waals surface area contributed by atoms with Gasteiger partial charge in [0, 0.05) is 22.2 Å². The first kappa shape index (κ1) is 19.0. The number of nitrogens with zero attached hydrogens (tertiary/aromatic N) is 2. The highest BCUT2D eigenvalue weighted by molar-refractivity contribution is 6.34. The number of aromatic nitrogens is 2. The third-order valence-corrected chi connectivity index (χ3v) is 5.32. The van der Waals surface area contributed by atoms with Gasteiger partial charge >= 0.3 is 0 Å². The van der Waals surface area contributed by atoms with Crippen LogP contribution in [0.2, 0.25) is 10.0 Å². The van der Waals surface area contributed by atoms with Crippen LogP contribution >= 0.6 is 23.2 Å².